The number of hydrogen-bond acceptors (Lipinski definition) is 5. The topological polar surface area (TPSA) is 70.0 Å². The van der Waals surface area contributed by atoms with E-state index in [1.807, 2.05) is 31.2 Å². The lowest BCUT2D eigenvalue weighted by Crippen LogP contribution is -2.37. The van der Waals surface area contributed by atoms with E-state index >= 15 is 0 Å². The van der Waals surface area contributed by atoms with Crippen LogP contribution in [0.4, 0.5) is 0 Å². The van der Waals surface area contributed by atoms with E-state index in [1.54, 1.807) is 4.90 Å². The Kier molecular flexibility index (Phi) is 5.28. The second-order valence-electron chi connectivity index (χ2n) is 4.55. The van der Waals surface area contributed by atoms with E-state index < -0.39 is 6.10 Å². The Morgan fingerprint density at radius 1 is 1.45 bits per heavy atom. The zero-order valence-electron chi connectivity index (χ0n) is 11.4. The third-order valence-electron chi connectivity index (χ3n) is 3.06. The van der Waals surface area contributed by atoms with Crippen LogP contribution in [0.3, 0.4) is 0 Å². The van der Waals surface area contributed by atoms with Crippen molar-refractivity contribution in [1.29, 1.82) is 0 Å². The van der Waals surface area contributed by atoms with Crippen molar-refractivity contribution in [2.24, 2.45) is 0 Å². The normalized spacial score (nSPS) is 20.2. The van der Waals surface area contributed by atoms with Crippen LogP contribution in [0.2, 0.25) is 0 Å². The van der Waals surface area contributed by atoms with Gasteiger partial charge in [0.05, 0.1) is 31.6 Å². The maximum Gasteiger partial charge on any atom is 0.233 e. The average molecular weight is 297 g/mol. The molecule has 2 rings (SSSR count). The monoisotopic (exact) mass is 297 g/mol. The Hall–Kier alpha value is -1.24. The number of nitrogens with zero attached hydrogens (tertiary/aromatic N) is 1. The molecule has 1 fully saturated rings. The van der Waals surface area contributed by atoms with Crippen molar-refractivity contribution in [3.05, 3.63) is 29.8 Å². The first-order valence-corrected chi connectivity index (χ1v) is 7.63. The van der Waals surface area contributed by atoms with Crippen molar-refractivity contribution >= 4 is 17.7 Å². The third kappa shape index (κ3) is 3.45. The molecule has 0 aromatic heterocycles. The summed E-state index contributed by atoms with van der Waals surface area (Å²) >= 11 is 1.53. The summed E-state index contributed by atoms with van der Waals surface area (Å²) in [5.74, 6) is 1.18. The van der Waals surface area contributed by atoms with Crippen LogP contribution in [0.25, 0.3) is 0 Å². The Morgan fingerprint density at radius 3 is 2.75 bits per heavy atom. The molecular weight excluding hydrogens is 278 g/mol. The molecule has 1 aliphatic rings. The van der Waals surface area contributed by atoms with Gasteiger partial charge in [0.25, 0.3) is 0 Å². The molecule has 6 heteroatoms. The van der Waals surface area contributed by atoms with Crippen molar-refractivity contribution in [1.82, 2.24) is 4.90 Å². The molecule has 2 unspecified atom stereocenters. The number of carbonyl (C=O) groups is 1. The van der Waals surface area contributed by atoms with E-state index in [0.717, 1.165) is 11.3 Å². The molecule has 2 N–H and O–H groups in total. The fourth-order valence-electron chi connectivity index (χ4n) is 2.11. The standard InChI is InChI=1S/C14H19NO4S/c1-2-19-12-5-3-10(4-6-12)14-15(7-11(17)8-16)13(18)9-20-14/h3-6,11,14,16-17H,2,7-9H2,1H3. The average Bonchev–Trinajstić information content (AvgIpc) is 2.81. The van der Waals surface area contributed by atoms with E-state index in [4.69, 9.17) is 9.84 Å². The first kappa shape index (κ1) is 15.2. The summed E-state index contributed by atoms with van der Waals surface area (Å²) in [6.07, 6.45) is -0.900. The summed E-state index contributed by atoms with van der Waals surface area (Å²) in [5, 5.41) is 18.4. The summed E-state index contributed by atoms with van der Waals surface area (Å²) in [6.45, 7) is 2.35. The molecule has 2 atom stereocenters. The largest absolute Gasteiger partial charge is 0.494 e. The zero-order valence-corrected chi connectivity index (χ0v) is 12.2. The van der Waals surface area contributed by atoms with Crippen LogP contribution < -0.4 is 4.74 Å². The summed E-state index contributed by atoms with van der Waals surface area (Å²) in [6, 6.07) is 7.62. The first-order valence-electron chi connectivity index (χ1n) is 6.58. The van der Waals surface area contributed by atoms with Gasteiger partial charge in [-0.25, -0.2) is 0 Å². The van der Waals surface area contributed by atoms with Crippen LogP contribution in [0.5, 0.6) is 5.75 Å². The van der Waals surface area contributed by atoms with Gasteiger partial charge in [0.15, 0.2) is 0 Å². The number of benzene rings is 1. The quantitative estimate of drug-likeness (QED) is 0.820. The molecule has 1 aromatic rings. The van der Waals surface area contributed by atoms with Crippen LogP contribution >= 0.6 is 11.8 Å². The highest BCUT2D eigenvalue weighted by atomic mass is 32.2. The maximum atomic E-state index is 11.9. The highest BCUT2D eigenvalue weighted by Gasteiger charge is 2.33. The fourth-order valence-corrected chi connectivity index (χ4v) is 3.31. The van der Waals surface area contributed by atoms with Crippen molar-refractivity contribution in [3.8, 4) is 5.75 Å². The number of ether oxygens (including phenoxy) is 1. The molecule has 1 aliphatic heterocycles. The van der Waals surface area contributed by atoms with Gasteiger partial charge in [-0.05, 0) is 24.6 Å². The molecule has 1 amide bonds. The van der Waals surface area contributed by atoms with Gasteiger partial charge in [0.1, 0.15) is 11.1 Å². The van der Waals surface area contributed by atoms with Gasteiger partial charge in [-0.1, -0.05) is 12.1 Å². The fraction of sp³-hybridized carbons (Fsp3) is 0.500. The number of aliphatic hydroxyl groups excluding tert-OH is 2. The molecule has 0 aliphatic carbocycles. The van der Waals surface area contributed by atoms with Gasteiger partial charge in [-0.2, -0.15) is 0 Å². The smallest absolute Gasteiger partial charge is 0.233 e. The number of aliphatic hydroxyl groups is 2. The molecule has 110 valence electrons. The van der Waals surface area contributed by atoms with Crippen LogP contribution in [0.1, 0.15) is 17.9 Å². The number of hydrogen-bond donors (Lipinski definition) is 2. The maximum absolute atomic E-state index is 11.9. The van der Waals surface area contributed by atoms with Gasteiger partial charge < -0.3 is 19.8 Å². The third-order valence-corrected chi connectivity index (χ3v) is 4.32. The molecule has 0 bridgehead atoms. The Bertz CT molecular complexity index is 451. The lowest BCUT2D eigenvalue weighted by Gasteiger charge is -2.26. The highest BCUT2D eigenvalue weighted by molar-refractivity contribution is 8.00. The summed E-state index contributed by atoms with van der Waals surface area (Å²) in [4.78, 5) is 13.5. The minimum Gasteiger partial charge on any atom is -0.494 e. The van der Waals surface area contributed by atoms with E-state index in [2.05, 4.69) is 0 Å². The molecule has 20 heavy (non-hydrogen) atoms. The molecule has 5 nitrogen and oxygen atoms in total. The number of carbonyl (C=O) groups excluding carboxylic acids is 1. The molecule has 1 saturated heterocycles. The predicted molar refractivity (Wildman–Crippen MR) is 77.6 cm³/mol. The van der Waals surface area contributed by atoms with Crippen molar-refractivity contribution in [2.45, 2.75) is 18.4 Å². The van der Waals surface area contributed by atoms with Gasteiger partial charge in [0.2, 0.25) is 5.91 Å². The van der Waals surface area contributed by atoms with E-state index in [1.165, 1.54) is 11.8 Å². The van der Waals surface area contributed by atoms with Crippen molar-refractivity contribution in [3.63, 3.8) is 0 Å². The number of amides is 1. The van der Waals surface area contributed by atoms with Crippen LogP contribution in [0.15, 0.2) is 24.3 Å². The Labute approximate surface area is 122 Å². The number of thioether (sulfide) groups is 1. The predicted octanol–water partition coefficient (Wildman–Crippen LogP) is 1.01. The first-order chi connectivity index (χ1) is 9.65. The number of rotatable bonds is 6. The lowest BCUT2D eigenvalue weighted by atomic mass is 10.2. The van der Waals surface area contributed by atoms with Gasteiger partial charge >= 0.3 is 0 Å². The summed E-state index contributed by atoms with van der Waals surface area (Å²) in [5.41, 5.74) is 0.995. The summed E-state index contributed by atoms with van der Waals surface area (Å²) in [7, 11) is 0. The van der Waals surface area contributed by atoms with Gasteiger partial charge in [0, 0.05) is 0 Å². The van der Waals surface area contributed by atoms with Crippen molar-refractivity contribution in [2.75, 3.05) is 25.5 Å². The SMILES string of the molecule is CCOc1ccc(C2SCC(=O)N2CC(O)CO)cc1. The molecule has 1 aromatic carbocycles. The van der Waals surface area contributed by atoms with Crippen LogP contribution in [-0.4, -0.2) is 52.6 Å². The molecule has 0 saturated carbocycles. The van der Waals surface area contributed by atoms with E-state index in [-0.39, 0.29) is 24.4 Å². The molecule has 0 spiro atoms. The van der Waals surface area contributed by atoms with Gasteiger partial charge in [-0.3, -0.25) is 4.79 Å². The highest BCUT2D eigenvalue weighted by Crippen LogP contribution is 2.39. The minimum absolute atomic E-state index is 0.0126. The van der Waals surface area contributed by atoms with Crippen LogP contribution in [-0.2, 0) is 4.79 Å². The van der Waals surface area contributed by atoms with E-state index in [0.29, 0.717) is 12.4 Å². The summed E-state index contributed by atoms with van der Waals surface area (Å²) < 4.78 is 5.39. The second kappa shape index (κ2) is 6.97. The molecular formula is C14H19NO4S. The number of β-amino-alcohol motifs (C(OH)–C–C–N with tert-alkyl or cyclic N) is 1. The Balaban J connectivity index is 2.11. The second-order valence-corrected chi connectivity index (χ2v) is 5.62. The van der Waals surface area contributed by atoms with E-state index in [9.17, 15) is 9.90 Å². The van der Waals surface area contributed by atoms with Gasteiger partial charge in [-0.15, -0.1) is 11.8 Å². The molecule has 0 radical (unpaired) electrons. The molecule has 1 heterocycles. The minimum atomic E-state index is -0.900. The van der Waals surface area contributed by atoms with Crippen molar-refractivity contribution < 1.29 is 19.7 Å². The lowest BCUT2D eigenvalue weighted by molar-refractivity contribution is -0.129. The Morgan fingerprint density at radius 2 is 2.15 bits per heavy atom. The zero-order chi connectivity index (χ0) is 14.5. The van der Waals surface area contributed by atoms with Crippen LogP contribution in [0, 0.1) is 0 Å².